The van der Waals surface area contributed by atoms with Crippen molar-refractivity contribution >= 4 is 17.4 Å². The average molecular weight is 305 g/mol. The summed E-state index contributed by atoms with van der Waals surface area (Å²) in [5.41, 5.74) is 0.662. The lowest BCUT2D eigenvalue weighted by atomic mass is 10.2. The Labute approximate surface area is 115 Å². The molecule has 0 fully saturated rings. The van der Waals surface area contributed by atoms with Crippen LogP contribution in [0.25, 0.3) is 0 Å². The van der Waals surface area contributed by atoms with Gasteiger partial charge in [0, 0.05) is 13.7 Å². The van der Waals surface area contributed by atoms with E-state index in [0.717, 1.165) is 10.6 Å². The fourth-order valence-electron chi connectivity index (χ4n) is 1.91. The van der Waals surface area contributed by atoms with E-state index in [0.29, 0.717) is 5.56 Å². The first-order chi connectivity index (χ1) is 8.70. The summed E-state index contributed by atoms with van der Waals surface area (Å²) in [6.45, 7) is 3.48. The van der Waals surface area contributed by atoms with E-state index in [2.05, 4.69) is 0 Å². The van der Waals surface area contributed by atoms with Crippen molar-refractivity contribution in [1.82, 2.24) is 4.31 Å². The van der Waals surface area contributed by atoms with Crippen LogP contribution in [0.4, 0.5) is 0 Å². The van der Waals surface area contributed by atoms with E-state index in [1.807, 2.05) is 6.07 Å². The molecule has 0 amide bonds. The molecule has 0 radical (unpaired) electrons. The summed E-state index contributed by atoms with van der Waals surface area (Å²) in [6.07, 6.45) is 1.09. The highest BCUT2D eigenvalue weighted by molar-refractivity contribution is 7.88. The van der Waals surface area contributed by atoms with E-state index in [-0.39, 0.29) is 6.61 Å². The second kappa shape index (κ2) is 6.18. The van der Waals surface area contributed by atoms with Gasteiger partial charge in [-0.15, -0.1) is 0 Å². The molecule has 2 unspecified atom stereocenters. The Hall–Kier alpha value is -0.680. The number of sulfonamides is 1. The molecule has 2 atom stereocenters. The second-order valence-electron chi connectivity index (χ2n) is 4.39. The van der Waals surface area contributed by atoms with Gasteiger partial charge in [-0.1, -0.05) is 30.3 Å². The molecule has 0 saturated heterocycles. The van der Waals surface area contributed by atoms with Gasteiger partial charge in [-0.2, -0.15) is 4.31 Å². The molecule has 0 aliphatic rings. The maximum absolute atomic E-state index is 12.7. The summed E-state index contributed by atoms with van der Waals surface area (Å²) in [5, 5.41) is 0. The van der Waals surface area contributed by atoms with Gasteiger partial charge in [0.1, 0.15) is 5.78 Å². The first-order valence-electron chi connectivity index (χ1n) is 5.90. The van der Waals surface area contributed by atoms with Gasteiger partial charge in [-0.05, 0) is 12.5 Å². The van der Waals surface area contributed by atoms with E-state index >= 15 is 0 Å². The Bertz CT molecular complexity index is 558. The van der Waals surface area contributed by atoms with E-state index < -0.39 is 23.2 Å². The Kier molecular flexibility index (Phi) is 5.33. The number of hydrogen-bond acceptors (Lipinski definition) is 4. The third-order valence-corrected chi connectivity index (χ3v) is 6.51. The largest absolute Gasteiger partial charge is 0.328 e. The molecule has 0 aliphatic heterocycles. The summed E-state index contributed by atoms with van der Waals surface area (Å²) < 4.78 is 42.6. The number of nitrogens with zero attached hydrogens (tertiary/aromatic N) is 1. The number of rotatable bonds is 6. The van der Waals surface area contributed by atoms with Crippen molar-refractivity contribution in [2.75, 3.05) is 26.6 Å². The van der Waals surface area contributed by atoms with Crippen LogP contribution >= 0.6 is 7.37 Å². The molecular formula is C12H20NO4PS. The van der Waals surface area contributed by atoms with Crippen LogP contribution < -0.4 is 0 Å². The first kappa shape index (κ1) is 16.4. The highest BCUT2D eigenvalue weighted by Crippen LogP contribution is 2.58. The Balaban J connectivity index is 3.31. The molecule has 0 heterocycles. The van der Waals surface area contributed by atoms with E-state index in [4.69, 9.17) is 4.52 Å². The molecule has 0 aliphatic carbocycles. The second-order valence-corrected chi connectivity index (χ2v) is 9.00. The van der Waals surface area contributed by atoms with Crippen molar-refractivity contribution in [2.45, 2.75) is 12.7 Å². The Morgan fingerprint density at radius 3 is 2.26 bits per heavy atom. The zero-order chi connectivity index (χ0) is 14.7. The molecule has 0 spiro atoms. The van der Waals surface area contributed by atoms with Crippen LogP contribution in [0.5, 0.6) is 0 Å². The molecule has 0 aromatic heterocycles. The monoisotopic (exact) mass is 305 g/mol. The standard InChI is InChI=1S/C12H20NO4PS/c1-5-17-18(3,14)12(13(2)19(4,15)16)11-9-7-6-8-10-11/h6-10,12H,5H2,1-4H3. The van der Waals surface area contributed by atoms with Crippen molar-refractivity contribution in [3.8, 4) is 0 Å². The van der Waals surface area contributed by atoms with Gasteiger partial charge >= 0.3 is 0 Å². The molecule has 1 rings (SSSR count). The first-order valence-corrected chi connectivity index (χ1v) is 9.88. The zero-order valence-electron chi connectivity index (χ0n) is 11.6. The molecule has 1 aromatic rings. The van der Waals surface area contributed by atoms with E-state index in [9.17, 15) is 13.0 Å². The summed E-state index contributed by atoms with van der Waals surface area (Å²) in [4.78, 5) is 0. The predicted molar refractivity (Wildman–Crippen MR) is 76.9 cm³/mol. The molecule has 108 valence electrons. The van der Waals surface area contributed by atoms with Crippen molar-refractivity contribution < 1.29 is 17.5 Å². The molecule has 0 N–H and O–H groups in total. The topological polar surface area (TPSA) is 63.7 Å². The van der Waals surface area contributed by atoms with Crippen LogP contribution in [-0.4, -0.2) is 39.3 Å². The SMILES string of the molecule is CCOP(C)(=O)C(c1ccccc1)N(C)S(C)(=O)=O. The van der Waals surface area contributed by atoms with Gasteiger partial charge in [0.05, 0.1) is 12.9 Å². The Morgan fingerprint density at radius 1 is 1.32 bits per heavy atom. The van der Waals surface area contributed by atoms with E-state index in [1.165, 1.54) is 13.7 Å². The molecule has 1 aromatic carbocycles. The van der Waals surface area contributed by atoms with Gasteiger partial charge in [0.2, 0.25) is 17.4 Å². The minimum absolute atomic E-state index is 0.273. The zero-order valence-corrected chi connectivity index (χ0v) is 13.3. The smallest absolute Gasteiger partial charge is 0.222 e. The van der Waals surface area contributed by atoms with Crippen molar-refractivity contribution in [2.24, 2.45) is 0 Å². The molecule has 7 heteroatoms. The molecular weight excluding hydrogens is 285 g/mol. The third-order valence-electron chi connectivity index (χ3n) is 2.79. The highest BCUT2D eigenvalue weighted by Gasteiger charge is 2.37. The van der Waals surface area contributed by atoms with Crippen molar-refractivity contribution in [3.05, 3.63) is 35.9 Å². The fraction of sp³-hybridized carbons (Fsp3) is 0.500. The highest BCUT2D eigenvalue weighted by atomic mass is 32.2. The fourth-order valence-corrected chi connectivity index (χ4v) is 5.38. The normalized spacial score (nSPS) is 17.1. The van der Waals surface area contributed by atoms with Crippen LogP contribution in [-0.2, 0) is 19.1 Å². The van der Waals surface area contributed by atoms with Crippen LogP contribution in [0.2, 0.25) is 0 Å². The van der Waals surface area contributed by atoms with Crippen LogP contribution in [0, 0.1) is 0 Å². The van der Waals surface area contributed by atoms with Gasteiger partial charge in [0.15, 0.2) is 0 Å². The quantitative estimate of drug-likeness (QED) is 0.758. The summed E-state index contributed by atoms with van der Waals surface area (Å²) in [5.74, 6) is -0.802. The molecule has 0 bridgehead atoms. The third kappa shape index (κ3) is 4.14. The molecule has 19 heavy (non-hydrogen) atoms. The summed E-state index contributed by atoms with van der Waals surface area (Å²) in [6, 6.07) is 8.89. The minimum Gasteiger partial charge on any atom is -0.328 e. The van der Waals surface area contributed by atoms with Gasteiger partial charge in [-0.25, -0.2) is 8.42 Å². The Morgan fingerprint density at radius 2 is 1.84 bits per heavy atom. The molecule has 5 nitrogen and oxygen atoms in total. The van der Waals surface area contributed by atoms with Crippen molar-refractivity contribution in [3.63, 3.8) is 0 Å². The summed E-state index contributed by atoms with van der Waals surface area (Å²) >= 11 is 0. The molecule has 0 saturated carbocycles. The van der Waals surface area contributed by atoms with E-state index in [1.54, 1.807) is 31.2 Å². The van der Waals surface area contributed by atoms with Gasteiger partial charge in [-0.3, -0.25) is 4.57 Å². The lowest BCUT2D eigenvalue weighted by Gasteiger charge is -2.31. The van der Waals surface area contributed by atoms with Gasteiger partial charge in [0.25, 0.3) is 0 Å². The summed E-state index contributed by atoms with van der Waals surface area (Å²) in [7, 11) is -5.18. The van der Waals surface area contributed by atoms with Crippen LogP contribution in [0.1, 0.15) is 18.3 Å². The maximum atomic E-state index is 12.7. The minimum atomic E-state index is -3.47. The lowest BCUT2D eigenvalue weighted by Crippen LogP contribution is -2.30. The van der Waals surface area contributed by atoms with Gasteiger partial charge < -0.3 is 4.52 Å². The maximum Gasteiger partial charge on any atom is 0.222 e. The lowest BCUT2D eigenvalue weighted by molar-refractivity contribution is 0.308. The number of benzene rings is 1. The number of hydrogen-bond donors (Lipinski definition) is 0. The average Bonchev–Trinajstić information content (AvgIpc) is 2.28. The predicted octanol–water partition coefficient (Wildman–Crippen LogP) is 2.52. The van der Waals surface area contributed by atoms with Crippen molar-refractivity contribution in [1.29, 1.82) is 0 Å². The van der Waals surface area contributed by atoms with Crippen LogP contribution in [0.15, 0.2) is 30.3 Å². The van der Waals surface area contributed by atoms with Crippen LogP contribution in [0.3, 0.4) is 0 Å².